The van der Waals surface area contributed by atoms with Crippen LogP contribution in [-0.4, -0.2) is 11.9 Å². The fourth-order valence-electron chi connectivity index (χ4n) is 2.06. The van der Waals surface area contributed by atoms with E-state index in [9.17, 15) is 22.0 Å². The second-order valence-corrected chi connectivity index (χ2v) is 5.30. The van der Waals surface area contributed by atoms with Crippen molar-refractivity contribution in [3.8, 4) is 11.5 Å². The minimum atomic E-state index is -4.91. The average molecular weight is 387 g/mol. The number of alkyl halides is 3. The molecule has 27 heavy (non-hydrogen) atoms. The quantitative estimate of drug-likeness (QED) is 0.426. The van der Waals surface area contributed by atoms with Crippen molar-refractivity contribution >= 4 is 17.6 Å². The molecule has 0 unspecified atom stereocenters. The van der Waals surface area contributed by atoms with Crippen LogP contribution >= 0.6 is 0 Å². The Morgan fingerprint density at radius 3 is 2.15 bits per heavy atom. The molecule has 0 saturated carbocycles. The minimum Gasteiger partial charge on any atom is -0.449 e. The first-order valence-electron chi connectivity index (χ1n) is 7.26. The molecular formula is C16H14F5N5O. The molecule has 0 fully saturated rings. The van der Waals surface area contributed by atoms with Gasteiger partial charge in [-0.1, -0.05) is 12.1 Å². The Labute approximate surface area is 150 Å². The van der Waals surface area contributed by atoms with Crippen LogP contribution in [0.25, 0.3) is 0 Å². The van der Waals surface area contributed by atoms with Gasteiger partial charge in [0.25, 0.3) is 0 Å². The maximum atomic E-state index is 14.0. The van der Waals surface area contributed by atoms with Crippen molar-refractivity contribution in [1.82, 2.24) is 0 Å². The van der Waals surface area contributed by atoms with Gasteiger partial charge in [-0.05, 0) is 30.7 Å². The lowest BCUT2D eigenvalue weighted by Crippen LogP contribution is -2.26. The monoisotopic (exact) mass is 387 g/mol. The highest BCUT2D eigenvalue weighted by Gasteiger charge is 2.33. The first-order valence-corrected chi connectivity index (χ1v) is 7.26. The first-order chi connectivity index (χ1) is 12.5. The van der Waals surface area contributed by atoms with Gasteiger partial charge in [0.05, 0.1) is 5.56 Å². The van der Waals surface area contributed by atoms with Crippen LogP contribution in [0.4, 0.5) is 27.6 Å². The number of ether oxygens (including phenoxy) is 1. The summed E-state index contributed by atoms with van der Waals surface area (Å²) in [6, 6.07) is 4.63. The number of halogens is 5. The zero-order valence-electron chi connectivity index (χ0n) is 13.8. The molecule has 11 heteroatoms. The number of guanidine groups is 2. The van der Waals surface area contributed by atoms with Gasteiger partial charge < -0.3 is 21.9 Å². The van der Waals surface area contributed by atoms with E-state index in [2.05, 4.69) is 9.98 Å². The standard InChI is InChI=1S/C16H14F5N5O/c1-7-3-2-4-11(12(7)25-15(24)26-14(22)23)27-13-9(17)5-8(6-10(13)18)16(19,20)21/h2-6H,1H3,(H6,22,23,24,25,26). The maximum absolute atomic E-state index is 14.0. The zero-order valence-corrected chi connectivity index (χ0v) is 13.8. The second-order valence-electron chi connectivity index (χ2n) is 5.30. The van der Waals surface area contributed by atoms with Crippen LogP contribution in [0.3, 0.4) is 0 Å². The molecule has 0 amide bonds. The molecule has 0 aliphatic heterocycles. The molecule has 0 bridgehead atoms. The van der Waals surface area contributed by atoms with Crippen LogP contribution in [0.2, 0.25) is 0 Å². The number of rotatable bonds is 3. The summed E-state index contributed by atoms with van der Waals surface area (Å²) < 4.78 is 71.1. The molecule has 0 saturated heterocycles. The highest BCUT2D eigenvalue weighted by Crippen LogP contribution is 2.39. The van der Waals surface area contributed by atoms with Gasteiger partial charge in [0.15, 0.2) is 29.1 Å². The highest BCUT2D eigenvalue weighted by atomic mass is 19.4. The lowest BCUT2D eigenvalue weighted by molar-refractivity contribution is -0.138. The Morgan fingerprint density at radius 1 is 1.04 bits per heavy atom. The fraction of sp³-hybridized carbons (Fsp3) is 0.125. The van der Waals surface area contributed by atoms with Crippen LogP contribution in [0, 0.1) is 18.6 Å². The smallest absolute Gasteiger partial charge is 0.416 e. The molecule has 0 aliphatic rings. The molecule has 144 valence electrons. The van der Waals surface area contributed by atoms with E-state index in [1.165, 1.54) is 12.1 Å². The lowest BCUT2D eigenvalue weighted by Gasteiger charge is -2.14. The lowest BCUT2D eigenvalue weighted by atomic mass is 10.1. The van der Waals surface area contributed by atoms with Gasteiger partial charge >= 0.3 is 6.18 Å². The van der Waals surface area contributed by atoms with Gasteiger partial charge in [0.2, 0.25) is 5.96 Å². The van der Waals surface area contributed by atoms with E-state index in [4.69, 9.17) is 21.9 Å². The summed E-state index contributed by atoms with van der Waals surface area (Å²) >= 11 is 0. The minimum absolute atomic E-state index is 0.0405. The van der Waals surface area contributed by atoms with Crippen LogP contribution in [-0.2, 0) is 6.18 Å². The van der Waals surface area contributed by atoms with Gasteiger partial charge in [0.1, 0.15) is 5.69 Å². The predicted octanol–water partition coefficient (Wildman–Crippen LogP) is 3.30. The molecule has 2 aromatic rings. The third-order valence-electron chi connectivity index (χ3n) is 3.21. The summed E-state index contributed by atoms with van der Waals surface area (Å²) in [5.41, 5.74) is 14.9. The van der Waals surface area contributed by atoms with E-state index in [0.717, 1.165) is 0 Å². The molecule has 0 aromatic heterocycles. The van der Waals surface area contributed by atoms with E-state index < -0.39 is 29.1 Å². The maximum Gasteiger partial charge on any atom is 0.416 e. The summed E-state index contributed by atoms with van der Waals surface area (Å²) in [6.45, 7) is 1.59. The van der Waals surface area contributed by atoms with Crippen LogP contribution in [0.5, 0.6) is 11.5 Å². The summed E-state index contributed by atoms with van der Waals surface area (Å²) in [5, 5.41) is 0. The molecule has 2 aromatic carbocycles. The largest absolute Gasteiger partial charge is 0.449 e. The summed E-state index contributed by atoms with van der Waals surface area (Å²) in [4.78, 5) is 7.41. The SMILES string of the molecule is Cc1cccc(Oc2c(F)cc(C(F)(F)F)cc2F)c1N=C(N)N=C(N)N. The van der Waals surface area contributed by atoms with Crippen molar-refractivity contribution in [3.05, 3.63) is 53.1 Å². The molecule has 6 nitrogen and oxygen atoms in total. The van der Waals surface area contributed by atoms with E-state index in [1.807, 2.05) is 0 Å². The molecule has 0 aliphatic carbocycles. The molecule has 6 N–H and O–H groups in total. The number of nitrogens with zero attached hydrogens (tertiary/aromatic N) is 2. The normalized spacial score (nSPS) is 12.0. The third kappa shape index (κ3) is 4.84. The molecular weight excluding hydrogens is 373 g/mol. The molecule has 2 rings (SSSR count). The number of benzene rings is 2. The third-order valence-corrected chi connectivity index (χ3v) is 3.21. The van der Waals surface area contributed by atoms with Gasteiger partial charge in [-0.25, -0.2) is 13.8 Å². The average Bonchev–Trinajstić information content (AvgIpc) is 2.52. The second kappa shape index (κ2) is 7.48. The summed E-state index contributed by atoms with van der Waals surface area (Å²) in [5.74, 6) is -4.98. The van der Waals surface area contributed by atoms with Crippen molar-refractivity contribution in [2.24, 2.45) is 27.2 Å². The van der Waals surface area contributed by atoms with Gasteiger partial charge in [-0.15, -0.1) is 0 Å². The van der Waals surface area contributed by atoms with Crippen molar-refractivity contribution in [2.75, 3.05) is 0 Å². The number of nitrogens with two attached hydrogens (primary N) is 3. The fourth-order valence-corrected chi connectivity index (χ4v) is 2.06. The Hall–Kier alpha value is -3.37. The Balaban J connectivity index is 2.51. The number of aryl methyl sites for hydroxylation is 1. The van der Waals surface area contributed by atoms with Crippen molar-refractivity contribution in [3.63, 3.8) is 0 Å². The van der Waals surface area contributed by atoms with Crippen LogP contribution in [0.1, 0.15) is 11.1 Å². The van der Waals surface area contributed by atoms with Gasteiger partial charge in [0, 0.05) is 0 Å². The summed E-state index contributed by atoms with van der Waals surface area (Å²) in [6.07, 6.45) is -4.91. The molecule has 0 spiro atoms. The number of hydrogen-bond acceptors (Lipinski definition) is 2. The Bertz CT molecular complexity index is 897. The van der Waals surface area contributed by atoms with Crippen molar-refractivity contribution in [1.29, 1.82) is 0 Å². The van der Waals surface area contributed by atoms with Crippen molar-refractivity contribution in [2.45, 2.75) is 13.1 Å². The van der Waals surface area contributed by atoms with E-state index in [1.54, 1.807) is 13.0 Å². The summed E-state index contributed by atoms with van der Waals surface area (Å²) in [7, 11) is 0. The Kier molecular flexibility index (Phi) is 5.52. The zero-order chi connectivity index (χ0) is 20.4. The van der Waals surface area contributed by atoms with Crippen LogP contribution in [0.15, 0.2) is 40.3 Å². The topological polar surface area (TPSA) is 112 Å². The van der Waals surface area contributed by atoms with Crippen molar-refractivity contribution < 1.29 is 26.7 Å². The predicted molar refractivity (Wildman–Crippen MR) is 89.7 cm³/mol. The van der Waals surface area contributed by atoms with E-state index >= 15 is 0 Å². The molecule has 0 heterocycles. The highest BCUT2D eigenvalue weighted by molar-refractivity contribution is 5.94. The van der Waals surface area contributed by atoms with Gasteiger partial charge in [-0.3, -0.25) is 0 Å². The molecule has 0 radical (unpaired) electrons. The first kappa shape index (κ1) is 19.9. The number of hydrogen-bond donors (Lipinski definition) is 3. The Morgan fingerprint density at radius 2 is 1.63 bits per heavy atom. The van der Waals surface area contributed by atoms with Gasteiger partial charge in [-0.2, -0.15) is 18.2 Å². The van der Waals surface area contributed by atoms with E-state index in [0.29, 0.717) is 5.56 Å². The number of para-hydroxylation sites is 1. The van der Waals surface area contributed by atoms with Crippen LogP contribution < -0.4 is 21.9 Å². The molecule has 0 atom stereocenters. The van der Waals surface area contributed by atoms with E-state index in [-0.39, 0.29) is 35.5 Å². The number of aliphatic imine (C=N–C) groups is 2.